The third kappa shape index (κ3) is 7.14. The summed E-state index contributed by atoms with van der Waals surface area (Å²) in [6.45, 7) is 7.02. The van der Waals surface area contributed by atoms with E-state index in [1.807, 2.05) is 50.7 Å². The lowest BCUT2D eigenvalue weighted by atomic mass is 10.1. The summed E-state index contributed by atoms with van der Waals surface area (Å²) in [5, 5.41) is 0. The number of carbonyl (C=O) groups excluding carboxylic acids is 2. The van der Waals surface area contributed by atoms with Crippen LogP contribution in [0, 0.1) is 5.92 Å². The van der Waals surface area contributed by atoms with Crippen LogP contribution >= 0.6 is 0 Å². The van der Waals surface area contributed by atoms with E-state index in [2.05, 4.69) is 0 Å². The van der Waals surface area contributed by atoms with Gasteiger partial charge in [0.1, 0.15) is 6.54 Å². The van der Waals surface area contributed by atoms with E-state index < -0.39 is 17.6 Å². The van der Waals surface area contributed by atoms with Gasteiger partial charge in [-0.2, -0.15) is 13.2 Å². The summed E-state index contributed by atoms with van der Waals surface area (Å²) >= 11 is 0. The molecule has 2 aromatic rings. The maximum Gasteiger partial charge on any atom is 0.416 e. The first-order valence-electron chi connectivity index (χ1n) is 10.9. The molecule has 0 unspecified atom stereocenters. The van der Waals surface area contributed by atoms with Gasteiger partial charge in [0, 0.05) is 37.6 Å². The largest absolute Gasteiger partial charge is 0.416 e. The molecule has 0 bridgehead atoms. The molecular weight excluding hydrogens is 419 g/mol. The molecule has 0 aliphatic rings. The summed E-state index contributed by atoms with van der Waals surface area (Å²) in [7, 11) is 1.90. The molecular formula is C24H32F3N3O2. The Hall–Kier alpha value is -2.77. The molecule has 176 valence electrons. The number of aryl methyl sites for hydroxylation is 1. The quantitative estimate of drug-likeness (QED) is 0.512. The van der Waals surface area contributed by atoms with Crippen molar-refractivity contribution < 1.29 is 22.8 Å². The van der Waals surface area contributed by atoms with Crippen molar-refractivity contribution in [3.05, 3.63) is 59.4 Å². The Bertz CT molecular complexity index is 906. The maximum atomic E-state index is 13.2. The fraction of sp³-hybridized carbons (Fsp3) is 0.500. The van der Waals surface area contributed by atoms with Gasteiger partial charge in [-0.05, 0) is 42.7 Å². The first kappa shape index (κ1) is 25.5. The molecule has 0 saturated carbocycles. The van der Waals surface area contributed by atoms with E-state index in [1.165, 1.54) is 17.0 Å². The lowest BCUT2D eigenvalue weighted by Gasteiger charge is -2.29. The molecule has 1 aromatic heterocycles. The van der Waals surface area contributed by atoms with Gasteiger partial charge in [-0.25, -0.2) is 0 Å². The number of nitrogens with zero attached hydrogens (tertiary/aromatic N) is 3. The fourth-order valence-electron chi connectivity index (χ4n) is 3.43. The van der Waals surface area contributed by atoms with E-state index in [0.717, 1.165) is 24.2 Å². The van der Waals surface area contributed by atoms with Crippen molar-refractivity contribution in [2.24, 2.45) is 13.0 Å². The molecule has 0 saturated heterocycles. The van der Waals surface area contributed by atoms with Crippen LogP contribution in [0.15, 0.2) is 42.6 Å². The second-order valence-electron chi connectivity index (χ2n) is 8.44. The topological polar surface area (TPSA) is 45.6 Å². The lowest BCUT2D eigenvalue weighted by molar-refractivity contribution is -0.137. The zero-order valence-corrected chi connectivity index (χ0v) is 19.2. The Balaban J connectivity index is 2.24. The van der Waals surface area contributed by atoms with Crippen LogP contribution in [-0.2, 0) is 24.6 Å². The summed E-state index contributed by atoms with van der Waals surface area (Å²) in [6, 6.07) is 8.19. The smallest absolute Gasteiger partial charge is 0.353 e. The zero-order chi connectivity index (χ0) is 23.9. The zero-order valence-electron chi connectivity index (χ0n) is 19.2. The number of hydrogen-bond acceptors (Lipinski definition) is 2. The lowest BCUT2D eigenvalue weighted by Crippen LogP contribution is -2.44. The van der Waals surface area contributed by atoms with Gasteiger partial charge in [-0.3, -0.25) is 9.59 Å². The van der Waals surface area contributed by atoms with Crippen LogP contribution in [0.2, 0.25) is 0 Å². The van der Waals surface area contributed by atoms with Gasteiger partial charge in [-0.15, -0.1) is 0 Å². The molecule has 5 nitrogen and oxygen atoms in total. The first-order chi connectivity index (χ1) is 15.0. The molecule has 2 rings (SSSR count). The Morgan fingerprint density at radius 2 is 1.81 bits per heavy atom. The van der Waals surface area contributed by atoms with E-state index in [-0.39, 0.29) is 23.9 Å². The molecule has 2 amide bonds. The van der Waals surface area contributed by atoms with Gasteiger partial charge in [-0.1, -0.05) is 33.3 Å². The average molecular weight is 452 g/mol. The van der Waals surface area contributed by atoms with Crippen molar-refractivity contribution in [3.8, 4) is 0 Å². The average Bonchev–Trinajstić information content (AvgIpc) is 3.13. The number of rotatable bonds is 10. The summed E-state index contributed by atoms with van der Waals surface area (Å²) in [5.74, 6) is -0.569. The molecule has 32 heavy (non-hydrogen) atoms. The highest BCUT2D eigenvalue weighted by Gasteiger charge is 2.31. The molecule has 1 heterocycles. The molecule has 1 aromatic carbocycles. The van der Waals surface area contributed by atoms with Crippen molar-refractivity contribution in [1.29, 1.82) is 0 Å². The van der Waals surface area contributed by atoms with Crippen molar-refractivity contribution in [1.82, 2.24) is 14.4 Å². The van der Waals surface area contributed by atoms with Gasteiger partial charge in [0.05, 0.1) is 12.1 Å². The number of aromatic nitrogens is 1. The van der Waals surface area contributed by atoms with Crippen molar-refractivity contribution in [2.75, 3.05) is 19.6 Å². The minimum absolute atomic E-state index is 0.0680. The third-order valence-electron chi connectivity index (χ3n) is 5.17. The van der Waals surface area contributed by atoms with Crippen molar-refractivity contribution in [2.45, 2.75) is 46.3 Å². The number of unbranched alkanes of at least 4 members (excludes halogenated alkanes) is 1. The summed E-state index contributed by atoms with van der Waals surface area (Å²) in [4.78, 5) is 29.3. The van der Waals surface area contributed by atoms with E-state index >= 15 is 0 Å². The van der Waals surface area contributed by atoms with Gasteiger partial charge in [0.25, 0.3) is 5.91 Å². The highest BCUT2D eigenvalue weighted by atomic mass is 19.4. The van der Waals surface area contributed by atoms with Crippen LogP contribution in [0.1, 0.15) is 55.2 Å². The molecule has 0 radical (unpaired) electrons. The molecule has 0 N–H and O–H groups in total. The number of alkyl halides is 3. The Kier molecular flexibility index (Phi) is 8.92. The van der Waals surface area contributed by atoms with E-state index in [9.17, 15) is 22.8 Å². The molecule has 0 atom stereocenters. The van der Waals surface area contributed by atoms with Gasteiger partial charge < -0.3 is 14.4 Å². The van der Waals surface area contributed by atoms with Crippen LogP contribution in [-0.4, -0.2) is 45.8 Å². The second kappa shape index (κ2) is 11.2. The molecule has 0 aliphatic heterocycles. The van der Waals surface area contributed by atoms with Crippen LogP contribution in [0.5, 0.6) is 0 Å². The summed E-state index contributed by atoms with van der Waals surface area (Å²) in [6.07, 6.45) is -1.19. The highest BCUT2D eigenvalue weighted by Crippen LogP contribution is 2.29. The Morgan fingerprint density at radius 1 is 1.09 bits per heavy atom. The third-order valence-corrected chi connectivity index (χ3v) is 5.17. The Morgan fingerprint density at radius 3 is 2.38 bits per heavy atom. The minimum atomic E-state index is -4.54. The van der Waals surface area contributed by atoms with Crippen molar-refractivity contribution >= 4 is 11.8 Å². The normalized spacial score (nSPS) is 11.6. The van der Waals surface area contributed by atoms with E-state index in [4.69, 9.17) is 0 Å². The second-order valence-corrected chi connectivity index (χ2v) is 8.44. The number of carbonyl (C=O) groups is 2. The summed E-state index contributed by atoms with van der Waals surface area (Å²) in [5.41, 5.74) is 0.0140. The number of amides is 2. The predicted octanol–water partition coefficient (Wildman–Crippen LogP) is 4.97. The molecule has 0 aliphatic carbocycles. The fourth-order valence-corrected chi connectivity index (χ4v) is 3.43. The van der Waals surface area contributed by atoms with Crippen molar-refractivity contribution in [3.63, 3.8) is 0 Å². The standard InChI is InChI=1S/C24H32F3N3O2/c1-5-6-13-29(23(32)19-9-7-10-20(14-19)24(25,26)27)17-22(31)30(15-18(2)3)16-21-11-8-12-28(21)4/h7-12,14,18H,5-6,13,15-17H2,1-4H3. The molecule has 8 heteroatoms. The van der Waals surface area contributed by atoms with E-state index in [0.29, 0.717) is 26.1 Å². The van der Waals surface area contributed by atoms with Crippen LogP contribution < -0.4 is 0 Å². The maximum absolute atomic E-state index is 13.2. The van der Waals surface area contributed by atoms with E-state index in [1.54, 1.807) is 4.90 Å². The Labute approximate surface area is 187 Å². The predicted molar refractivity (Wildman–Crippen MR) is 118 cm³/mol. The van der Waals surface area contributed by atoms with Gasteiger partial charge in [0.2, 0.25) is 5.91 Å². The number of halogens is 3. The van der Waals surface area contributed by atoms with Crippen LogP contribution in [0.3, 0.4) is 0 Å². The SMILES string of the molecule is CCCCN(CC(=O)N(Cc1cccn1C)CC(C)C)C(=O)c1cccc(C(F)(F)F)c1. The first-order valence-corrected chi connectivity index (χ1v) is 10.9. The number of benzene rings is 1. The molecule has 0 spiro atoms. The summed E-state index contributed by atoms with van der Waals surface area (Å²) < 4.78 is 41.2. The van der Waals surface area contributed by atoms with Crippen LogP contribution in [0.4, 0.5) is 13.2 Å². The molecule has 0 fully saturated rings. The van der Waals surface area contributed by atoms with Gasteiger partial charge >= 0.3 is 6.18 Å². The van der Waals surface area contributed by atoms with Gasteiger partial charge in [0.15, 0.2) is 0 Å². The van der Waals surface area contributed by atoms with Crippen LogP contribution in [0.25, 0.3) is 0 Å². The highest BCUT2D eigenvalue weighted by molar-refractivity contribution is 5.96. The number of hydrogen-bond donors (Lipinski definition) is 0. The minimum Gasteiger partial charge on any atom is -0.353 e. The monoisotopic (exact) mass is 451 g/mol.